The third kappa shape index (κ3) is 6.11. The van der Waals surface area contributed by atoms with Gasteiger partial charge in [0.2, 0.25) is 6.79 Å². The lowest BCUT2D eigenvalue weighted by Crippen LogP contribution is -2.39. The van der Waals surface area contributed by atoms with Gasteiger partial charge in [0.1, 0.15) is 0 Å². The van der Waals surface area contributed by atoms with Gasteiger partial charge in [-0.2, -0.15) is 0 Å². The van der Waals surface area contributed by atoms with Crippen LogP contribution in [0.2, 0.25) is 0 Å². The van der Waals surface area contributed by atoms with E-state index in [1.807, 2.05) is 13.8 Å². The van der Waals surface area contributed by atoms with Crippen LogP contribution in [0.1, 0.15) is 36.7 Å². The molecule has 2 aromatic rings. The third-order valence-electron chi connectivity index (χ3n) is 4.36. The summed E-state index contributed by atoms with van der Waals surface area (Å²) in [6.07, 6.45) is -1.00. The summed E-state index contributed by atoms with van der Waals surface area (Å²) in [5.74, 6) is 0.0602. The second-order valence-electron chi connectivity index (χ2n) is 7.28. The Balaban J connectivity index is 1.49. The Morgan fingerprint density at radius 3 is 2.42 bits per heavy atom. The number of nitrogens with one attached hydrogen (secondary N) is 3. The van der Waals surface area contributed by atoms with Gasteiger partial charge in [0, 0.05) is 24.3 Å². The van der Waals surface area contributed by atoms with Crippen LogP contribution in [-0.2, 0) is 16.1 Å². The highest BCUT2D eigenvalue weighted by molar-refractivity contribution is 5.97. The molecule has 1 heterocycles. The summed E-state index contributed by atoms with van der Waals surface area (Å²) >= 11 is 0. The van der Waals surface area contributed by atoms with E-state index < -0.39 is 18.0 Å². The zero-order valence-corrected chi connectivity index (χ0v) is 17.6. The van der Waals surface area contributed by atoms with Crippen molar-refractivity contribution < 1.29 is 28.6 Å². The predicted octanol–water partition coefficient (Wildman–Crippen LogP) is 2.81. The van der Waals surface area contributed by atoms with Crippen LogP contribution in [0.4, 0.5) is 10.5 Å². The quantitative estimate of drug-likeness (QED) is 0.586. The maximum absolute atomic E-state index is 12.4. The van der Waals surface area contributed by atoms with Crippen LogP contribution in [0.3, 0.4) is 0 Å². The smallest absolute Gasteiger partial charge is 0.338 e. The van der Waals surface area contributed by atoms with E-state index in [0.717, 1.165) is 5.56 Å². The molecule has 9 nitrogen and oxygen atoms in total. The summed E-state index contributed by atoms with van der Waals surface area (Å²) in [5.41, 5.74) is 1.64. The van der Waals surface area contributed by atoms with E-state index in [4.69, 9.17) is 14.2 Å². The van der Waals surface area contributed by atoms with Crippen LogP contribution in [0.15, 0.2) is 42.5 Å². The molecule has 31 heavy (non-hydrogen) atoms. The van der Waals surface area contributed by atoms with Crippen molar-refractivity contribution in [1.82, 2.24) is 10.6 Å². The van der Waals surface area contributed by atoms with Crippen LogP contribution in [0, 0.1) is 0 Å². The Labute approximate surface area is 180 Å². The normalized spacial score (nSPS) is 12.8. The zero-order valence-electron chi connectivity index (χ0n) is 17.6. The first-order valence-electron chi connectivity index (χ1n) is 9.86. The first kappa shape index (κ1) is 21.9. The van der Waals surface area contributed by atoms with Crippen LogP contribution in [-0.4, -0.2) is 36.8 Å². The summed E-state index contributed by atoms with van der Waals surface area (Å²) in [7, 11) is 0. The number of carbonyl (C=O) groups is 3. The topological polar surface area (TPSA) is 115 Å². The van der Waals surface area contributed by atoms with E-state index in [1.165, 1.54) is 6.92 Å². The number of hydrogen-bond acceptors (Lipinski definition) is 6. The summed E-state index contributed by atoms with van der Waals surface area (Å²) < 4.78 is 15.8. The highest BCUT2D eigenvalue weighted by atomic mass is 16.7. The molecule has 0 aromatic heterocycles. The van der Waals surface area contributed by atoms with Crippen LogP contribution >= 0.6 is 0 Å². The molecule has 0 spiro atoms. The van der Waals surface area contributed by atoms with Crippen molar-refractivity contribution in [2.75, 3.05) is 12.1 Å². The molecular formula is C22H25N3O6. The molecule has 3 amide bonds. The van der Waals surface area contributed by atoms with Crippen molar-refractivity contribution in [1.29, 1.82) is 0 Å². The Morgan fingerprint density at radius 1 is 1.00 bits per heavy atom. The van der Waals surface area contributed by atoms with E-state index in [9.17, 15) is 14.4 Å². The SMILES string of the molecule is CC(C)NC(=O)NCc1ccc(C(=O)OC(C)C(=O)Nc2ccc3c(c2)OCO3)cc1. The standard InChI is InChI=1S/C22H25N3O6/c1-13(2)24-22(28)23-11-15-4-6-16(7-5-15)21(27)31-14(3)20(26)25-17-8-9-18-19(10-17)30-12-29-18/h4-10,13-14H,11-12H2,1-3H3,(H,25,26)(H2,23,24,28). The molecule has 1 unspecified atom stereocenters. The number of carbonyl (C=O) groups excluding carboxylic acids is 3. The Morgan fingerprint density at radius 2 is 1.71 bits per heavy atom. The number of fused-ring (bicyclic) bond motifs is 1. The van der Waals surface area contributed by atoms with Crippen molar-refractivity contribution in [2.45, 2.75) is 39.5 Å². The minimum Gasteiger partial charge on any atom is -0.454 e. The number of anilines is 1. The molecule has 0 saturated heterocycles. The third-order valence-corrected chi connectivity index (χ3v) is 4.36. The van der Waals surface area contributed by atoms with Gasteiger partial charge in [-0.05, 0) is 50.6 Å². The molecule has 0 saturated carbocycles. The summed E-state index contributed by atoms with van der Waals surface area (Å²) in [5, 5.41) is 8.14. The molecule has 3 N–H and O–H groups in total. The summed E-state index contributed by atoms with van der Waals surface area (Å²) in [6.45, 7) is 5.70. The lowest BCUT2D eigenvalue weighted by Gasteiger charge is -2.14. The highest BCUT2D eigenvalue weighted by Crippen LogP contribution is 2.34. The highest BCUT2D eigenvalue weighted by Gasteiger charge is 2.20. The molecule has 1 aliphatic heterocycles. The molecule has 1 atom stereocenters. The largest absolute Gasteiger partial charge is 0.454 e. The fourth-order valence-corrected chi connectivity index (χ4v) is 2.75. The molecule has 0 radical (unpaired) electrons. The van der Waals surface area contributed by atoms with Crippen LogP contribution in [0.5, 0.6) is 11.5 Å². The van der Waals surface area contributed by atoms with Crippen molar-refractivity contribution in [3.8, 4) is 11.5 Å². The molecule has 2 aromatic carbocycles. The molecular weight excluding hydrogens is 402 g/mol. The number of ether oxygens (including phenoxy) is 3. The molecule has 0 aliphatic carbocycles. The number of hydrogen-bond donors (Lipinski definition) is 3. The summed E-state index contributed by atoms with van der Waals surface area (Å²) in [4.78, 5) is 36.3. The molecule has 3 rings (SSSR count). The van der Waals surface area contributed by atoms with Crippen molar-refractivity contribution in [3.63, 3.8) is 0 Å². The zero-order chi connectivity index (χ0) is 22.4. The number of urea groups is 1. The second kappa shape index (κ2) is 9.84. The minimum atomic E-state index is -1.00. The van der Waals surface area contributed by atoms with E-state index in [-0.39, 0.29) is 18.9 Å². The number of amides is 3. The predicted molar refractivity (Wildman–Crippen MR) is 113 cm³/mol. The average molecular weight is 427 g/mol. The van der Waals surface area contributed by atoms with E-state index >= 15 is 0 Å². The van der Waals surface area contributed by atoms with Gasteiger partial charge in [0.05, 0.1) is 5.56 Å². The lowest BCUT2D eigenvalue weighted by molar-refractivity contribution is -0.123. The van der Waals surface area contributed by atoms with Gasteiger partial charge in [-0.1, -0.05) is 12.1 Å². The monoisotopic (exact) mass is 427 g/mol. The van der Waals surface area contributed by atoms with Crippen LogP contribution < -0.4 is 25.4 Å². The van der Waals surface area contributed by atoms with Crippen LogP contribution in [0.25, 0.3) is 0 Å². The summed E-state index contributed by atoms with van der Waals surface area (Å²) in [6, 6.07) is 11.4. The van der Waals surface area contributed by atoms with Gasteiger partial charge in [0.15, 0.2) is 17.6 Å². The van der Waals surface area contributed by atoms with E-state index in [1.54, 1.807) is 42.5 Å². The minimum absolute atomic E-state index is 0.0429. The maximum atomic E-state index is 12.4. The van der Waals surface area contributed by atoms with Gasteiger partial charge in [-0.25, -0.2) is 9.59 Å². The number of rotatable bonds is 7. The fourth-order valence-electron chi connectivity index (χ4n) is 2.75. The average Bonchev–Trinajstić information content (AvgIpc) is 3.20. The Bertz CT molecular complexity index is 958. The van der Waals surface area contributed by atoms with Gasteiger partial charge in [-0.3, -0.25) is 4.79 Å². The fraction of sp³-hybridized carbons (Fsp3) is 0.318. The van der Waals surface area contributed by atoms with Gasteiger partial charge in [0.25, 0.3) is 5.91 Å². The maximum Gasteiger partial charge on any atom is 0.338 e. The molecule has 9 heteroatoms. The first-order valence-corrected chi connectivity index (χ1v) is 9.86. The molecule has 0 fully saturated rings. The first-order chi connectivity index (χ1) is 14.8. The Hall–Kier alpha value is -3.75. The van der Waals surface area contributed by atoms with Gasteiger partial charge < -0.3 is 30.2 Å². The van der Waals surface area contributed by atoms with Gasteiger partial charge in [-0.15, -0.1) is 0 Å². The molecule has 164 valence electrons. The number of esters is 1. The Kier molecular flexibility index (Phi) is 6.96. The van der Waals surface area contributed by atoms with Gasteiger partial charge >= 0.3 is 12.0 Å². The van der Waals surface area contributed by atoms with E-state index in [0.29, 0.717) is 29.3 Å². The van der Waals surface area contributed by atoms with Crippen molar-refractivity contribution >= 4 is 23.6 Å². The second-order valence-corrected chi connectivity index (χ2v) is 7.28. The lowest BCUT2D eigenvalue weighted by atomic mass is 10.1. The number of benzene rings is 2. The van der Waals surface area contributed by atoms with E-state index in [2.05, 4.69) is 16.0 Å². The molecule has 0 bridgehead atoms. The van der Waals surface area contributed by atoms with Crippen molar-refractivity contribution in [3.05, 3.63) is 53.6 Å². The molecule has 1 aliphatic rings. The van der Waals surface area contributed by atoms with Crippen molar-refractivity contribution in [2.24, 2.45) is 0 Å².